The predicted molar refractivity (Wildman–Crippen MR) is 318 cm³/mol. The van der Waals surface area contributed by atoms with Crippen LogP contribution in [0.2, 0.25) is 8.67 Å². The highest BCUT2D eigenvalue weighted by molar-refractivity contribution is 9.10. The summed E-state index contributed by atoms with van der Waals surface area (Å²) in [5, 5.41) is 5.15. The molecule has 3 saturated heterocycles. The van der Waals surface area contributed by atoms with E-state index in [1.54, 1.807) is 29.5 Å². The topological polar surface area (TPSA) is 196 Å². The predicted octanol–water partition coefficient (Wildman–Crippen LogP) is 10.5. The molecule has 2 aromatic heterocycles. The van der Waals surface area contributed by atoms with Gasteiger partial charge in [0.15, 0.2) is 5.78 Å². The van der Waals surface area contributed by atoms with Crippen molar-refractivity contribution in [2.75, 3.05) is 75.6 Å². The van der Waals surface area contributed by atoms with E-state index in [0.29, 0.717) is 82.2 Å². The van der Waals surface area contributed by atoms with Gasteiger partial charge in [0, 0.05) is 100 Å². The van der Waals surface area contributed by atoms with E-state index in [0.717, 1.165) is 105 Å². The number of carbonyl (C=O) groups is 4. The summed E-state index contributed by atoms with van der Waals surface area (Å²) in [6, 6.07) is 21.4. The zero-order chi connectivity index (χ0) is 56.8. The number of ketones is 2. The Morgan fingerprint density at radius 2 is 1.31 bits per heavy atom. The molecule has 5 aliphatic heterocycles. The monoisotopic (exact) mass is 1290 g/mol. The summed E-state index contributed by atoms with van der Waals surface area (Å²) in [6.07, 6.45) is 7.76. The number of rotatable bonds is 18. The largest absolute Gasteiger partial charge is 0.385 e. The minimum Gasteiger partial charge on any atom is -0.385 e. The van der Waals surface area contributed by atoms with Gasteiger partial charge in [-0.15, -0.1) is 22.7 Å². The Hall–Kier alpha value is -4.17. The highest BCUT2D eigenvalue weighted by atomic mass is 79.9. The van der Waals surface area contributed by atoms with Crippen molar-refractivity contribution in [1.29, 1.82) is 0 Å². The molecule has 3 fully saturated rings. The van der Waals surface area contributed by atoms with Crippen LogP contribution in [0.25, 0.3) is 21.5 Å². The number of amides is 2. The Kier molecular flexibility index (Phi) is 17.8. The highest BCUT2D eigenvalue weighted by Crippen LogP contribution is 2.46. The van der Waals surface area contributed by atoms with Crippen molar-refractivity contribution < 1.29 is 49.2 Å². The van der Waals surface area contributed by atoms with Crippen molar-refractivity contribution in [3.8, 4) is 0 Å². The normalized spacial score (nSPS) is 19.6. The number of carbonyl (C=O) groups excluding carboxylic acids is 4. The molecule has 0 radical (unpaired) electrons. The number of hydrogen-bond acceptors (Lipinski definition) is 13. The van der Waals surface area contributed by atoms with Crippen LogP contribution >= 0.6 is 61.8 Å². The van der Waals surface area contributed by atoms with Crippen molar-refractivity contribution >= 4 is 148 Å². The molecule has 6 aromatic rings. The van der Waals surface area contributed by atoms with Gasteiger partial charge in [-0.1, -0.05) is 72.1 Å². The maximum absolute atomic E-state index is 13.7. The second-order valence-electron chi connectivity index (χ2n) is 20.9. The summed E-state index contributed by atoms with van der Waals surface area (Å²) in [5.41, 5.74) is 4.55. The van der Waals surface area contributed by atoms with Crippen molar-refractivity contribution in [2.24, 2.45) is 11.8 Å². The quantitative estimate of drug-likeness (QED) is 0.0743. The fourth-order valence-corrected chi connectivity index (χ4v) is 20.6. The van der Waals surface area contributed by atoms with Crippen LogP contribution in [-0.4, -0.2) is 133 Å². The van der Waals surface area contributed by atoms with E-state index in [1.807, 2.05) is 65.6 Å². The molecule has 11 rings (SSSR count). The molecule has 24 heteroatoms. The number of hydrogen-bond donors (Lipinski definition) is 0. The van der Waals surface area contributed by atoms with E-state index in [2.05, 4.69) is 15.9 Å². The first-order valence-corrected chi connectivity index (χ1v) is 34.6. The maximum Gasteiger partial charge on any atom is 0.258 e. The van der Waals surface area contributed by atoms with Crippen LogP contribution in [0.15, 0.2) is 91.8 Å². The molecule has 80 heavy (non-hydrogen) atoms. The van der Waals surface area contributed by atoms with E-state index in [-0.39, 0.29) is 65.0 Å². The molecule has 2 atom stereocenters. The van der Waals surface area contributed by atoms with Crippen molar-refractivity contribution in [1.82, 2.24) is 12.9 Å². The smallest absolute Gasteiger partial charge is 0.258 e. The third-order valence-electron chi connectivity index (χ3n) is 16.1. The molecule has 5 aliphatic rings. The highest BCUT2D eigenvalue weighted by Gasteiger charge is 2.41. The first-order chi connectivity index (χ1) is 38.2. The zero-order valence-corrected chi connectivity index (χ0v) is 51.3. The molecule has 16 nitrogen and oxygen atoms in total. The van der Waals surface area contributed by atoms with Crippen LogP contribution in [0.5, 0.6) is 0 Å². The fourth-order valence-electron chi connectivity index (χ4n) is 12.0. The lowest BCUT2D eigenvalue weighted by atomic mass is 9.89. The minimum absolute atomic E-state index is 0.0274. The summed E-state index contributed by atoms with van der Waals surface area (Å²) >= 11 is 17.7. The Bertz CT molecular complexity index is 3760. The molecular weight excluding hydrogens is 1230 g/mol. The molecule has 0 N–H and O–H groups in total. The first kappa shape index (κ1) is 59.0. The van der Waals surface area contributed by atoms with Gasteiger partial charge in [-0.05, 0) is 131 Å². The van der Waals surface area contributed by atoms with E-state index >= 15 is 0 Å². The van der Waals surface area contributed by atoms with Gasteiger partial charge in [-0.25, -0.2) is 29.6 Å². The molecule has 4 aromatic carbocycles. The average molecular weight is 1290 g/mol. The van der Waals surface area contributed by atoms with Crippen LogP contribution in [0.3, 0.4) is 0 Å². The van der Waals surface area contributed by atoms with Gasteiger partial charge >= 0.3 is 0 Å². The molecule has 2 amide bonds. The van der Waals surface area contributed by atoms with Crippen molar-refractivity contribution in [3.05, 3.63) is 114 Å². The number of thiophene rings is 2. The number of Topliss-reactive ketones (excluding diaryl/α,β-unsaturated/α-hetero) is 2. The van der Waals surface area contributed by atoms with Gasteiger partial charge in [0.05, 0.1) is 28.1 Å². The number of nitrogens with zero attached hydrogens (tertiary/aromatic N) is 5. The number of sulfonamides is 3. The molecule has 0 bridgehead atoms. The number of anilines is 2. The third kappa shape index (κ3) is 11.6. The van der Waals surface area contributed by atoms with Crippen LogP contribution in [0, 0.1) is 11.8 Å². The Labute approximate surface area is 493 Å². The van der Waals surface area contributed by atoms with E-state index in [9.17, 15) is 44.4 Å². The summed E-state index contributed by atoms with van der Waals surface area (Å²) in [6.45, 7) is 3.41. The van der Waals surface area contributed by atoms with E-state index in [4.69, 9.17) is 27.9 Å². The van der Waals surface area contributed by atoms with E-state index in [1.165, 1.54) is 19.2 Å². The Balaban J connectivity index is 0.000000181. The molecule has 7 heterocycles. The van der Waals surface area contributed by atoms with Crippen molar-refractivity contribution in [3.63, 3.8) is 0 Å². The van der Waals surface area contributed by atoms with Crippen LogP contribution in [0.1, 0.15) is 89.6 Å². The maximum atomic E-state index is 13.7. The number of piperidine rings is 3. The number of halogens is 3. The molecule has 0 aliphatic carbocycles. The minimum atomic E-state index is -3.93. The first-order valence-electron chi connectivity index (χ1n) is 26.6. The van der Waals surface area contributed by atoms with E-state index < -0.39 is 42.0 Å². The van der Waals surface area contributed by atoms with Gasteiger partial charge in [-0.3, -0.25) is 19.2 Å². The van der Waals surface area contributed by atoms with Gasteiger partial charge < -0.3 is 14.5 Å². The lowest BCUT2D eigenvalue weighted by molar-refractivity contribution is -0.123. The summed E-state index contributed by atoms with van der Waals surface area (Å²) in [4.78, 5) is 57.3. The van der Waals surface area contributed by atoms with Gasteiger partial charge in [0.1, 0.15) is 23.6 Å². The molecule has 426 valence electrons. The Morgan fingerprint density at radius 3 is 1.89 bits per heavy atom. The number of benzene rings is 4. The molecule has 2 unspecified atom stereocenters. The second-order valence-corrected chi connectivity index (χ2v) is 30.9. The van der Waals surface area contributed by atoms with Crippen molar-refractivity contribution in [2.45, 2.75) is 85.8 Å². The summed E-state index contributed by atoms with van der Waals surface area (Å²) in [7, 11) is -9.21. The van der Waals surface area contributed by atoms with Gasteiger partial charge in [0.2, 0.25) is 20.0 Å². The SMILES string of the molecule is COCCCN1C(=O)c2cccc3c(CC(=O)C4CCCN(S(=O)(=O)c5c(Cl)sc(Cl)c5Br)C4)ccc1c23.CS(=O)(=O)N1CCC(CCN2C(=O)c3cccc4c(CC(=O)C5CCCCN5S(=O)(=O)c5cccs5)ccc2c34)CC1. The number of ether oxygens (including phenoxy) is 1. The molecule has 0 spiro atoms. The Morgan fingerprint density at radius 1 is 0.688 bits per heavy atom. The molecule has 0 saturated carbocycles. The summed E-state index contributed by atoms with van der Waals surface area (Å²) in [5.74, 6) is -0.362. The van der Waals surface area contributed by atoms with Crippen LogP contribution in [-0.2, 0) is 57.2 Å². The summed E-state index contributed by atoms with van der Waals surface area (Å²) < 4.78 is 87.4. The number of methoxy groups -OCH3 is 1. The fraction of sp³-hybridized carbons (Fsp3) is 0.429. The van der Waals surface area contributed by atoms with Crippen LogP contribution in [0.4, 0.5) is 11.4 Å². The van der Waals surface area contributed by atoms with Crippen LogP contribution < -0.4 is 9.80 Å². The second kappa shape index (κ2) is 24.2. The lowest BCUT2D eigenvalue weighted by Gasteiger charge is -2.33. The zero-order valence-electron chi connectivity index (χ0n) is 44.1. The standard InChI is InChI=1S/C30H35N3O6S3.C26H25BrCl2N2O5S2/c1-41(36,37)31-16-12-21(13-17-31)14-18-32-26-11-10-22(23-6-4-7-24(29(23)26)30(32)35)20-27(34)25-8-2-3-15-33(25)42(38,39)28-9-5-19-40-28;1-36-12-4-11-31-19-9-8-15(17-6-2-7-18(21(17)19)26(31)33)13-20(32)16-5-3-10-30(14-16)38(34,35)23-22(27)24(28)37-25(23)29/h4-7,9-11,19,21,25H,2-3,8,12-18,20H2,1H3;2,6-9,16H,3-5,10-14H2,1H3. The third-order valence-corrected chi connectivity index (χ3v) is 26.0. The van der Waals surface area contributed by atoms with Gasteiger partial charge in [-0.2, -0.15) is 8.61 Å². The lowest BCUT2D eigenvalue weighted by Crippen LogP contribution is -2.48. The van der Waals surface area contributed by atoms with Gasteiger partial charge in [0.25, 0.3) is 21.8 Å². The average Bonchev–Trinajstić information content (AvgIpc) is 4.33. The molecular formula is C56H60BrCl2N5O11S5.